The van der Waals surface area contributed by atoms with Crippen LogP contribution in [0.1, 0.15) is 20.1 Å². The van der Waals surface area contributed by atoms with Crippen molar-refractivity contribution in [2.24, 2.45) is 0 Å². The van der Waals surface area contributed by atoms with Gasteiger partial charge in [-0.15, -0.1) is 0 Å². The number of nitrogens with zero attached hydrogens (tertiary/aromatic N) is 3. The number of aromatic nitrogens is 4. The summed E-state index contributed by atoms with van der Waals surface area (Å²) in [6, 6.07) is 0. The SMILES string of the molecule is CC(O)[C@H]1O[C@@H](n2cnc3c(=O)[nH]c(N)nc32)[C@](C)(F)[C@@H]1O. The average molecular weight is 313 g/mol. The van der Waals surface area contributed by atoms with Crippen molar-refractivity contribution in [1.82, 2.24) is 19.5 Å². The van der Waals surface area contributed by atoms with E-state index in [1.807, 2.05) is 0 Å². The lowest BCUT2D eigenvalue weighted by Gasteiger charge is -2.24. The summed E-state index contributed by atoms with van der Waals surface area (Å²) >= 11 is 0. The first-order chi connectivity index (χ1) is 10.2. The van der Waals surface area contributed by atoms with E-state index in [1.54, 1.807) is 0 Å². The fraction of sp³-hybridized carbons (Fsp3) is 0.583. The van der Waals surface area contributed by atoms with Crippen LogP contribution >= 0.6 is 0 Å². The van der Waals surface area contributed by atoms with E-state index < -0.39 is 35.8 Å². The van der Waals surface area contributed by atoms with Crippen LogP contribution in [-0.4, -0.2) is 53.7 Å². The number of hydrogen-bond acceptors (Lipinski definition) is 7. The number of nitrogen functional groups attached to an aromatic ring is 1. The number of rotatable bonds is 2. The zero-order valence-corrected chi connectivity index (χ0v) is 11.9. The first kappa shape index (κ1) is 14.9. The molecule has 9 nitrogen and oxygen atoms in total. The van der Waals surface area contributed by atoms with E-state index in [4.69, 9.17) is 10.5 Å². The van der Waals surface area contributed by atoms with Crippen LogP contribution in [0.25, 0.3) is 11.2 Å². The number of nitrogens with one attached hydrogen (secondary N) is 1. The van der Waals surface area contributed by atoms with Crippen LogP contribution in [-0.2, 0) is 4.74 Å². The predicted molar refractivity (Wildman–Crippen MR) is 73.7 cm³/mol. The first-order valence-electron chi connectivity index (χ1n) is 6.66. The second kappa shape index (κ2) is 4.73. The molecule has 5 N–H and O–H groups in total. The Kier molecular flexibility index (Phi) is 3.20. The van der Waals surface area contributed by atoms with Gasteiger partial charge in [0.1, 0.15) is 12.2 Å². The number of halogens is 1. The van der Waals surface area contributed by atoms with Crippen molar-refractivity contribution in [2.45, 2.75) is 44.1 Å². The molecule has 0 bridgehead atoms. The number of aliphatic hydroxyl groups excluding tert-OH is 2. The van der Waals surface area contributed by atoms with Crippen LogP contribution in [0.2, 0.25) is 0 Å². The van der Waals surface area contributed by atoms with Gasteiger partial charge in [0.15, 0.2) is 23.1 Å². The standard InChI is InChI=1S/C12H16FN5O4/c1-4(19)6-7(20)12(2,13)10(22-6)18-3-15-5-8(18)16-11(14)17-9(5)21/h3-4,6-7,10,19-20H,1-2H3,(H3,14,16,17,21)/t4?,6-,7-,10-,12-/m1/s1. The van der Waals surface area contributed by atoms with E-state index in [0.29, 0.717) is 0 Å². The third-order valence-electron chi connectivity index (χ3n) is 3.84. The number of fused-ring (bicyclic) bond motifs is 1. The predicted octanol–water partition coefficient (Wildman–Crippen LogP) is -0.931. The Bertz CT molecular complexity index is 770. The maximum absolute atomic E-state index is 14.9. The number of hydrogen-bond donors (Lipinski definition) is 4. The van der Waals surface area contributed by atoms with Crippen molar-refractivity contribution in [3.05, 3.63) is 16.7 Å². The van der Waals surface area contributed by atoms with Gasteiger partial charge in [-0.25, -0.2) is 9.37 Å². The molecule has 10 heteroatoms. The largest absolute Gasteiger partial charge is 0.391 e. The molecule has 0 radical (unpaired) electrons. The van der Waals surface area contributed by atoms with Crippen LogP contribution in [0.15, 0.2) is 11.1 Å². The summed E-state index contributed by atoms with van der Waals surface area (Å²) in [7, 11) is 0. The summed E-state index contributed by atoms with van der Waals surface area (Å²) in [5.41, 5.74) is 2.72. The molecule has 0 amide bonds. The smallest absolute Gasteiger partial charge is 0.280 e. The molecule has 22 heavy (non-hydrogen) atoms. The van der Waals surface area contributed by atoms with E-state index in [-0.39, 0.29) is 17.1 Å². The number of aliphatic hydroxyl groups is 2. The topological polar surface area (TPSA) is 139 Å². The molecular formula is C12H16FN5O4. The molecule has 1 saturated heterocycles. The minimum atomic E-state index is -2.21. The Labute approximate surface area is 123 Å². The van der Waals surface area contributed by atoms with E-state index in [1.165, 1.54) is 17.8 Å². The highest BCUT2D eigenvalue weighted by atomic mass is 19.1. The van der Waals surface area contributed by atoms with E-state index in [2.05, 4.69) is 15.0 Å². The molecule has 5 atom stereocenters. The summed E-state index contributed by atoms with van der Waals surface area (Å²) in [5, 5.41) is 19.6. The molecule has 3 heterocycles. The van der Waals surface area contributed by atoms with Crippen LogP contribution in [0.4, 0.5) is 10.3 Å². The molecule has 1 unspecified atom stereocenters. The molecule has 2 aromatic rings. The zero-order chi connectivity index (χ0) is 16.2. The molecule has 0 spiro atoms. The molecule has 1 fully saturated rings. The highest BCUT2D eigenvalue weighted by Gasteiger charge is 2.56. The van der Waals surface area contributed by atoms with Gasteiger partial charge in [0, 0.05) is 0 Å². The fourth-order valence-electron chi connectivity index (χ4n) is 2.65. The van der Waals surface area contributed by atoms with Crippen molar-refractivity contribution < 1.29 is 19.3 Å². The third kappa shape index (κ3) is 1.99. The van der Waals surface area contributed by atoms with Crippen molar-refractivity contribution >= 4 is 17.1 Å². The molecule has 0 aromatic carbocycles. The first-order valence-corrected chi connectivity index (χ1v) is 6.66. The van der Waals surface area contributed by atoms with Gasteiger partial charge in [0.25, 0.3) is 5.56 Å². The van der Waals surface area contributed by atoms with Crippen molar-refractivity contribution in [1.29, 1.82) is 0 Å². The minimum Gasteiger partial charge on any atom is -0.391 e. The number of H-pyrrole nitrogens is 1. The van der Waals surface area contributed by atoms with Crippen LogP contribution < -0.4 is 11.3 Å². The normalized spacial score (nSPS) is 33.4. The molecule has 2 aromatic heterocycles. The van der Waals surface area contributed by atoms with E-state index in [0.717, 1.165) is 6.92 Å². The summed E-state index contributed by atoms with van der Waals surface area (Å²) in [6.45, 7) is 2.53. The van der Waals surface area contributed by atoms with E-state index in [9.17, 15) is 19.4 Å². The molecule has 120 valence electrons. The van der Waals surface area contributed by atoms with Gasteiger partial charge in [-0.2, -0.15) is 4.98 Å². The number of nitrogens with two attached hydrogens (primary N) is 1. The fourth-order valence-corrected chi connectivity index (χ4v) is 2.65. The van der Waals surface area contributed by atoms with Gasteiger partial charge in [0.05, 0.1) is 12.4 Å². The summed E-state index contributed by atoms with van der Waals surface area (Å²) in [6.07, 6.45) is -3.86. The quantitative estimate of drug-likeness (QED) is 0.561. The van der Waals surface area contributed by atoms with Gasteiger partial charge in [-0.3, -0.25) is 14.3 Å². The molecule has 0 saturated carbocycles. The number of imidazole rings is 1. The summed E-state index contributed by atoms with van der Waals surface area (Å²) < 4.78 is 21.5. The lowest BCUT2D eigenvalue weighted by Crippen LogP contribution is -2.42. The highest BCUT2D eigenvalue weighted by molar-refractivity contribution is 5.70. The Morgan fingerprint density at radius 2 is 2.32 bits per heavy atom. The van der Waals surface area contributed by atoms with Gasteiger partial charge >= 0.3 is 0 Å². The molecule has 0 aliphatic carbocycles. The van der Waals surface area contributed by atoms with Crippen molar-refractivity contribution in [3.63, 3.8) is 0 Å². The molecular weight excluding hydrogens is 297 g/mol. The molecule has 1 aliphatic rings. The van der Waals surface area contributed by atoms with Gasteiger partial charge in [-0.1, -0.05) is 0 Å². The number of ether oxygens (including phenoxy) is 1. The lowest BCUT2D eigenvalue weighted by atomic mass is 9.96. The summed E-state index contributed by atoms with van der Waals surface area (Å²) in [5.74, 6) is -0.148. The Morgan fingerprint density at radius 1 is 1.64 bits per heavy atom. The second-order valence-electron chi connectivity index (χ2n) is 5.56. The average Bonchev–Trinajstić information content (AvgIpc) is 2.91. The van der Waals surface area contributed by atoms with E-state index >= 15 is 0 Å². The van der Waals surface area contributed by atoms with Crippen molar-refractivity contribution in [2.75, 3.05) is 5.73 Å². The van der Waals surface area contributed by atoms with Crippen LogP contribution in [0.3, 0.4) is 0 Å². The minimum absolute atomic E-state index is 0.0245. The summed E-state index contributed by atoms with van der Waals surface area (Å²) in [4.78, 5) is 21.8. The number of aromatic amines is 1. The molecule has 1 aliphatic heterocycles. The maximum atomic E-state index is 14.9. The number of anilines is 1. The highest BCUT2D eigenvalue weighted by Crippen LogP contribution is 2.43. The Balaban J connectivity index is 2.13. The maximum Gasteiger partial charge on any atom is 0.280 e. The Morgan fingerprint density at radius 3 is 2.91 bits per heavy atom. The van der Waals surface area contributed by atoms with Crippen molar-refractivity contribution in [3.8, 4) is 0 Å². The second-order valence-corrected chi connectivity index (χ2v) is 5.56. The zero-order valence-electron chi connectivity index (χ0n) is 11.9. The Hall–Kier alpha value is -2.04. The molecule has 3 rings (SSSR count). The van der Waals surface area contributed by atoms with Gasteiger partial charge in [-0.05, 0) is 13.8 Å². The van der Waals surface area contributed by atoms with Gasteiger partial charge in [0.2, 0.25) is 5.95 Å². The van der Waals surface area contributed by atoms with Gasteiger partial charge < -0.3 is 20.7 Å². The third-order valence-corrected chi connectivity index (χ3v) is 3.84. The monoisotopic (exact) mass is 313 g/mol. The number of alkyl halides is 1. The van der Waals surface area contributed by atoms with Crippen LogP contribution in [0.5, 0.6) is 0 Å². The lowest BCUT2D eigenvalue weighted by molar-refractivity contribution is -0.0795. The van der Waals surface area contributed by atoms with Crippen LogP contribution in [0, 0.1) is 0 Å².